The molecule has 2 N–H and O–H groups in total. The third-order valence-corrected chi connectivity index (χ3v) is 5.13. The number of aryl methyl sites for hydroxylation is 2. The largest absolute Gasteiger partial charge is 0.390 e. The van der Waals surface area contributed by atoms with E-state index in [2.05, 4.69) is 20.7 Å². The van der Waals surface area contributed by atoms with Crippen LogP contribution in [0.4, 0.5) is 5.69 Å². The molecule has 0 atom stereocenters. The predicted octanol–water partition coefficient (Wildman–Crippen LogP) is 2.87. The fourth-order valence-corrected chi connectivity index (χ4v) is 3.87. The maximum absolute atomic E-state index is 12.4. The number of nitrogens with one attached hydrogen (secondary N) is 1. The lowest BCUT2D eigenvalue weighted by Gasteiger charge is -2.09. The van der Waals surface area contributed by atoms with E-state index in [1.165, 1.54) is 12.3 Å². The van der Waals surface area contributed by atoms with Crippen molar-refractivity contribution in [3.8, 4) is 0 Å². The van der Waals surface area contributed by atoms with Gasteiger partial charge in [-0.2, -0.15) is 0 Å². The van der Waals surface area contributed by atoms with E-state index in [1.807, 2.05) is 26.0 Å². The fourth-order valence-electron chi connectivity index (χ4n) is 2.01. The molecule has 0 fully saturated rings. The van der Waals surface area contributed by atoms with Crippen LogP contribution in [0.5, 0.6) is 0 Å². The molecule has 5 nitrogen and oxygen atoms in total. The van der Waals surface area contributed by atoms with Crippen molar-refractivity contribution in [3.63, 3.8) is 0 Å². The second-order valence-electron chi connectivity index (χ2n) is 4.70. The predicted molar refractivity (Wildman–Crippen MR) is 85.7 cm³/mol. The smallest absolute Gasteiger partial charge is 0.263 e. The van der Waals surface area contributed by atoms with E-state index in [0.29, 0.717) is 22.4 Å². The van der Waals surface area contributed by atoms with Crippen molar-refractivity contribution in [2.45, 2.75) is 31.9 Å². The van der Waals surface area contributed by atoms with Gasteiger partial charge in [0.2, 0.25) is 0 Å². The molecule has 0 bridgehead atoms. The fraction of sp³-hybridized carbons (Fsp3) is 0.286. The topological polar surface area (TPSA) is 71.3 Å². The van der Waals surface area contributed by atoms with Gasteiger partial charge in [-0.05, 0) is 53.5 Å². The zero-order valence-electron chi connectivity index (χ0n) is 11.8. The minimum absolute atomic E-state index is 0.140. The van der Waals surface area contributed by atoms with Gasteiger partial charge >= 0.3 is 0 Å². The van der Waals surface area contributed by atoms with Crippen LogP contribution >= 0.6 is 15.9 Å². The molecule has 1 heterocycles. The molecule has 1 aromatic carbocycles. The molecule has 1 aromatic heterocycles. The Kier molecular flexibility index (Phi) is 4.75. The summed E-state index contributed by atoms with van der Waals surface area (Å²) < 4.78 is 29.8. The van der Waals surface area contributed by atoms with Crippen LogP contribution in [0.3, 0.4) is 0 Å². The molecule has 114 valence electrons. The molecule has 0 saturated heterocycles. The molecular weight excluding hydrogens is 356 g/mol. The summed E-state index contributed by atoms with van der Waals surface area (Å²) in [6.45, 7) is 4.22. The summed E-state index contributed by atoms with van der Waals surface area (Å²) in [6, 6.07) is 6.86. The first kappa shape index (κ1) is 16.1. The highest BCUT2D eigenvalue weighted by Crippen LogP contribution is 2.26. The summed E-state index contributed by atoms with van der Waals surface area (Å²) in [7, 11) is -3.68. The SMILES string of the molecule is CCn1cc(S(=O)(=O)Nc2ccc(C)cc2Br)cc1CO. The highest BCUT2D eigenvalue weighted by Gasteiger charge is 2.19. The van der Waals surface area contributed by atoms with E-state index < -0.39 is 10.0 Å². The van der Waals surface area contributed by atoms with Gasteiger partial charge in [0.15, 0.2) is 0 Å². The maximum Gasteiger partial charge on any atom is 0.263 e. The monoisotopic (exact) mass is 372 g/mol. The maximum atomic E-state index is 12.4. The van der Waals surface area contributed by atoms with Crippen molar-refractivity contribution >= 4 is 31.6 Å². The highest BCUT2D eigenvalue weighted by molar-refractivity contribution is 9.10. The summed E-state index contributed by atoms with van der Waals surface area (Å²) in [4.78, 5) is 0.140. The number of hydrogen-bond donors (Lipinski definition) is 2. The van der Waals surface area contributed by atoms with Crippen molar-refractivity contribution in [3.05, 3.63) is 46.2 Å². The van der Waals surface area contributed by atoms with E-state index >= 15 is 0 Å². The zero-order valence-corrected chi connectivity index (χ0v) is 14.2. The number of sulfonamides is 1. The molecule has 0 radical (unpaired) electrons. The van der Waals surface area contributed by atoms with Crippen LogP contribution in [-0.4, -0.2) is 18.1 Å². The van der Waals surface area contributed by atoms with Gasteiger partial charge in [-0.15, -0.1) is 0 Å². The Morgan fingerprint density at radius 1 is 1.33 bits per heavy atom. The van der Waals surface area contributed by atoms with Gasteiger partial charge in [-0.1, -0.05) is 6.07 Å². The molecule has 0 aliphatic heterocycles. The van der Waals surface area contributed by atoms with E-state index in [9.17, 15) is 13.5 Å². The molecule has 0 spiro atoms. The third-order valence-electron chi connectivity index (χ3n) is 3.14. The van der Waals surface area contributed by atoms with E-state index in [0.717, 1.165) is 5.56 Å². The van der Waals surface area contributed by atoms with Crippen LogP contribution in [0.2, 0.25) is 0 Å². The lowest BCUT2D eigenvalue weighted by Crippen LogP contribution is -2.12. The van der Waals surface area contributed by atoms with Gasteiger partial charge < -0.3 is 9.67 Å². The Labute approximate surface area is 132 Å². The Morgan fingerprint density at radius 2 is 2.05 bits per heavy atom. The molecule has 7 heteroatoms. The average molecular weight is 373 g/mol. The second-order valence-corrected chi connectivity index (χ2v) is 7.24. The lowest BCUT2D eigenvalue weighted by atomic mass is 10.2. The molecule has 2 rings (SSSR count). The first-order valence-corrected chi connectivity index (χ1v) is 8.74. The normalized spacial score (nSPS) is 11.6. The summed E-state index contributed by atoms with van der Waals surface area (Å²) in [5.41, 5.74) is 2.08. The number of nitrogens with zero attached hydrogens (tertiary/aromatic N) is 1. The van der Waals surface area contributed by atoms with Crippen molar-refractivity contribution in [1.29, 1.82) is 0 Å². The average Bonchev–Trinajstić information content (AvgIpc) is 2.86. The summed E-state index contributed by atoms with van der Waals surface area (Å²) in [5, 5.41) is 9.25. The second kappa shape index (κ2) is 6.21. The van der Waals surface area contributed by atoms with Gasteiger partial charge in [0.1, 0.15) is 4.90 Å². The Bertz CT molecular complexity index is 732. The van der Waals surface area contributed by atoms with Crippen LogP contribution in [0.15, 0.2) is 39.8 Å². The van der Waals surface area contributed by atoms with Gasteiger partial charge in [0.25, 0.3) is 10.0 Å². The summed E-state index contributed by atoms with van der Waals surface area (Å²) >= 11 is 3.35. The molecule has 0 saturated carbocycles. The molecule has 0 aliphatic carbocycles. The minimum atomic E-state index is -3.68. The Balaban J connectivity index is 2.36. The van der Waals surface area contributed by atoms with Crippen molar-refractivity contribution < 1.29 is 13.5 Å². The van der Waals surface area contributed by atoms with Crippen LogP contribution < -0.4 is 4.72 Å². The van der Waals surface area contributed by atoms with E-state index in [4.69, 9.17) is 0 Å². The molecular formula is C14H17BrN2O3S. The van der Waals surface area contributed by atoms with E-state index in [1.54, 1.807) is 10.6 Å². The lowest BCUT2D eigenvalue weighted by molar-refractivity contribution is 0.271. The molecule has 0 amide bonds. The molecule has 2 aromatic rings. The van der Waals surface area contributed by atoms with E-state index in [-0.39, 0.29) is 11.5 Å². The third kappa shape index (κ3) is 3.48. The number of benzene rings is 1. The first-order valence-electron chi connectivity index (χ1n) is 6.46. The number of anilines is 1. The van der Waals surface area contributed by atoms with Crippen LogP contribution in [0.1, 0.15) is 18.2 Å². The highest BCUT2D eigenvalue weighted by atomic mass is 79.9. The quantitative estimate of drug-likeness (QED) is 0.847. The van der Waals surface area contributed by atoms with Crippen molar-refractivity contribution in [2.75, 3.05) is 4.72 Å². The molecule has 0 aliphatic rings. The number of rotatable bonds is 5. The van der Waals surface area contributed by atoms with Gasteiger partial charge in [0, 0.05) is 22.9 Å². The number of halogens is 1. The van der Waals surface area contributed by atoms with Crippen molar-refractivity contribution in [2.24, 2.45) is 0 Å². The number of aliphatic hydroxyl groups is 1. The van der Waals surface area contributed by atoms with Gasteiger partial charge in [0.05, 0.1) is 12.3 Å². The zero-order chi connectivity index (χ0) is 15.6. The first-order chi connectivity index (χ1) is 9.87. The number of aliphatic hydroxyl groups excluding tert-OH is 1. The number of aromatic nitrogens is 1. The standard InChI is InChI=1S/C14H17BrN2O3S/c1-3-17-8-12(7-11(17)9-18)21(19,20)16-14-5-4-10(2)6-13(14)15/h4-8,16,18H,3,9H2,1-2H3. The van der Waals surface area contributed by atoms with Crippen LogP contribution in [-0.2, 0) is 23.2 Å². The number of hydrogen-bond acceptors (Lipinski definition) is 3. The van der Waals surface area contributed by atoms with Crippen molar-refractivity contribution in [1.82, 2.24) is 4.57 Å². The summed E-state index contributed by atoms with van der Waals surface area (Å²) in [6.07, 6.45) is 1.52. The Hall–Kier alpha value is -1.31. The molecule has 21 heavy (non-hydrogen) atoms. The Morgan fingerprint density at radius 3 is 2.57 bits per heavy atom. The molecule has 0 unspecified atom stereocenters. The van der Waals surface area contributed by atoms with Gasteiger partial charge in [-0.3, -0.25) is 4.72 Å². The summed E-state index contributed by atoms with van der Waals surface area (Å²) in [5.74, 6) is 0. The van der Waals surface area contributed by atoms with Crippen LogP contribution in [0, 0.1) is 6.92 Å². The van der Waals surface area contributed by atoms with Gasteiger partial charge in [-0.25, -0.2) is 8.42 Å². The minimum Gasteiger partial charge on any atom is -0.390 e. The van der Waals surface area contributed by atoms with Crippen LogP contribution in [0.25, 0.3) is 0 Å².